The van der Waals surface area contributed by atoms with Gasteiger partial charge >= 0.3 is 0 Å². The number of carbonyl (C=O) groups is 1. The minimum absolute atomic E-state index is 0.0866. The maximum absolute atomic E-state index is 14.2. The summed E-state index contributed by atoms with van der Waals surface area (Å²) in [6.45, 7) is 22.5. The summed E-state index contributed by atoms with van der Waals surface area (Å²) >= 11 is 3.51. The number of allylic oxidation sites excluding steroid dienone is 2. The fourth-order valence-corrected chi connectivity index (χ4v) is 7.27. The van der Waals surface area contributed by atoms with Crippen LogP contribution in [0.4, 0.5) is 0 Å². The number of rotatable bonds is 7. The van der Waals surface area contributed by atoms with Crippen LogP contribution in [0.25, 0.3) is 0 Å². The first-order valence-electron chi connectivity index (χ1n) is 15.9. The Balaban J connectivity index is 1.63. The highest BCUT2D eigenvalue weighted by atomic mass is 79.9. The van der Waals surface area contributed by atoms with Crippen LogP contribution in [0.15, 0.2) is 89.4 Å². The fraction of sp³-hybridized carbons (Fsp3) is 0.410. The lowest BCUT2D eigenvalue weighted by molar-refractivity contribution is 0.0875. The first kappa shape index (κ1) is 35.0. The van der Waals surface area contributed by atoms with Crippen molar-refractivity contribution < 1.29 is 13.6 Å². The summed E-state index contributed by atoms with van der Waals surface area (Å²) in [7, 11) is -3.88. The summed E-state index contributed by atoms with van der Waals surface area (Å²) in [5, 5.41) is 0.245. The molecule has 0 fully saturated rings. The third-order valence-electron chi connectivity index (χ3n) is 9.86. The molecule has 0 spiro atoms. The molecule has 3 nitrogen and oxygen atoms in total. The summed E-state index contributed by atoms with van der Waals surface area (Å²) in [4.78, 5) is 14.2. The van der Waals surface area contributed by atoms with E-state index in [0.717, 1.165) is 33.5 Å². The Morgan fingerprint density at radius 3 is 1.73 bits per heavy atom. The van der Waals surface area contributed by atoms with Crippen molar-refractivity contribution >= 4 is 38.3 Å². The Hall–Kier alpha value is -2.86. The van der Waals surface area contributed by atoms with Gasteiger partial charge in [0, 0.05) is 33.4 Å². The number of hydrogen-bond donors (Lipinski definition) is 0. The molecule has 0 unspecified atom stereocenters. The summed E-state index contributed by atoms with van der Waals surface area (Å²) in [5.74, 6) is 8.29. The molecule has 1 aliphatic carbocycles. The SMILES string of the molecule is CC(C)(C)[Si](C)(C)Oc1ccc(C#C[C@H]2CC=C[C@@H](c3ccc(O[Si](C)(C)C(C)(C)C)cc3)[C@@H]2C(=O)c2ccc(Br)cc2)cc1. The largest absolute Gasteiger partial charge is 0.544 e. The number of hydrogen-bond acceptors (Lipinski definition) is 3. The van der Waals surface area contributed by atoms with E-state index in [2.05, 4.69) is 132 Å². The maximum atomic E-state index is 14.2. The molecule has 0 bridgehead atoms. The number of ketones is 1. The zero-order valence-corrected chi connectivity index (χ0v) is 32.2. The highest BCUT2D eigenvalue weighted by Gasteiger charge is 2.40. The second-order valence-electron chi connectivity index (χ2n) is 15.3. The van der Waals surface area contributed by atoms with Crippen LogP contribution in [0.5, 0.6) is 11.5 Å². The van der Waals surface area contributed by atoms with Gasteiger partial charge in [-0.3, -0.25) is 4.79 Å². The maximum Gasteiger partial charge on any atom is 0.250 e. The summed E-state index contributed by atoms with van der Waals surface area (Å²) in [5.41, 5.74) is 2.73. The van der Waals surface area contributed by atoms with Gasteiger partial charge in [-0.2, -0.15) is 0 Å². The molecule has 0 N–H and O–H groups in total. The summed E-state index contributed by atoms with van der Waals surface area (Å²) in [6.07, 6.45) is 5.11. The predicted octanol–water partition coefficient (Wildman–Crippen LogP) is 11.4. The third-order valence-corrected chi connectivity index (χ3v) is 19.1. The monoisotopic (exact) mass is 700 g/mol. The van der Waals surface area contributed by atoms with Crippen LogP contribution >= 0.6 is 15.9 Å². The van der Waals surface area contributed by atoms with Crippen molar-refractivity contribution in [1.29, 1.82) is 0 Å². The van der Waals surface area contributed by atoms with E-state index >= 15 is 0 Å². The van der Waals surface area contributed by atoms with Crippen molar-refractivity contribution in [3.63, 3.8) is 0 Å². The predicted molar refractivity (Wildman–Crippen MR) is 197 cm³/mol. The van der Waals surface area contributed by atoms with Crippen molar-refractivity contribution in [1.82, 2.24) is 0 Å². The Kier molecular flexibility index (Phi) is 10.5. The normalized spacial score (nSPS) is 19.0. The molecule has 4 rings (SSSR count). The molecule has 0 aromatic heterocycles. The molecule has 45 heavy (non-hydrogen) atoms. The van der Waals surface area contributed by atoms with E-state index in [1.807, 2.05) is 48.5 Å². The molecule has 3 atom stereocenters. The van der Waals surface area contributed by atoms with Gasteiger partial charge in [-0.1, -0.05) is 106 Å². The molecule has 1 aliphatic rings. The number of carbonyl (C=O) groups excluding carboxylic acids is 1. The standard InChI is InChI=1S/C39H49BrO3Si2/c1-38(2,3)44(7,8)42-33-24-15-28(16-25-33)14-17-30-12-11-13-35(36(30)37(41)31-18-22-32(40)23-19-31)29-20-26-34(27-21-29)43-45(9,10)39(4,5)6/h11,13,15-16,18-27,30,35-36H,12H2,1-10H3/t30-,35+,36-/m1/s1. The van der Waals surface area contributed by atoms with Crippen molar-refractivity contribution in [2.75, 3.05) is 0 Å². The first-order chi connectivity index (χ1) is 20.9. The summed E-state index contributed by atoms with van der Waals surface area (Å²) in [6, 6.07) is 24.1. The number of Topliss-reactive ketones (excluding diaryl/α,β-unsaturated/α-hetero) is 1. The minimum atomic E-state index is -1.96. The molecule has 238 valence electrons. The molecule has 0 saturated carbocycles. The average molecular weight is 702 g/mol. The van der Waals surface area contributed by atoms with Gasteiger partial charge in [-0.05, 0) is 96.8 Å². The molecule has 0 aliphatic heterocycles. The fourth-order valence-electron chi connectivity index (χ4n) is 4.94. The summed E-state index contributed by atoms with van der Waals surface area (Å²) < 4.78 is 14.0. The average Bonchev–Trinajstić information content (AvgIpc) is 2.95. The highest BCUT2D eigenvalue weighted by molar-refractivity contribution is 9.10. The second-order valence-corrected chi connectivity index (χ2v) is 25.6. The van der Waals surface area contributed by atoms with Crippen LogP contribution in [0, 0.1) is 23.7 Å². The van der Waals surface area contributed by atoms with E-state index in [-0.39, 0.29) is 33.6 Å². The van der Waals surface area contributed by atoms with E-state index in [1.165, 1.54) is 0 Å². The number of benzene rings is 3. The van der Waals surface area contributed by atoms with E-state index in [1.54, 1.807) is 0 Å². The third kappa shape index (κ3) is 8.50. The van der Waals surface area contributed by atoms with E-state index < -0.39 is 16.6 Å². The van der Waals surface area contributed by atoms with Gasteiger partial charge in [0.2, 0.25) is 16.6 Å². The molecule has 6 heteroatoms. The Labute approximate surface area is 282 Å². The lowest BCUT2D eigenvalue weighted by Gasteiger charge is -2.36. The smallest absolute Gasteiger partial charge is 0.250 e. The van der Waals surface area contributed by atoms with Crippen molar-refractivity contribution in [3.05, 3.63) is 106 Å². The Bertz CT molecular complexity index is 1560. The van der Waals surface area contributed by atoms with Gasteiger partial charge in [-0.25, -0.2) is 0 Å². The van der Waals surface area contributed by atoms with Crippen LogP contribution in [0.3, 0.4) is 0 Å². The topological polar surface area (TPSA) is 35.5 Å². The van der Waals surface area contributed by atoms with Gasteiger partial charge in [0.25, 0.3) is 0 Å². The molecule has 3 aromatic carbocycles. The zero-order chi connectivity index (χ0) is 33.2. The van der Waals surface area contributed by atoms with Gasteiger partial charge < -0.3 is 8.85 Å². The van der Waals surface area contributed by atoms with Crippen molar-refractivity contribution in [2.45, 2.75) is 90.1 Å². The van der Waals surface area contributed by atoms with Crippen molar-refractivity contribution in [2.24, 2.45) is 11.8 Å². The first-order valence-corrected chi connectivity index (χ1v) is 22.5. The van der Waals surface area contributed by atoms with Crippen LogP contribution in [0.2, 0.25) is 36.3 Å². The zero-order valence-electron chi connectivity index (χ0n) is 28.6. The van der Waals surface area contributed by atoms with Crippen LogP contribution in [-0.4, -0.2) is 22.4 Å². The van der Waals surface area contributed by atoms with Gasteiger partial charge in [0.1, 0.15) is 11.5 Å². The lowest BCUT2D eigenvalue weighted by atomic mass is 9.70. The van der Waals surface area contributed by atoms with Gasteiger partial charge in [-0.15, -0.1) is 0 Å². The molecule has 3 aromatic rings. The van der Waals surface area contributed by atoms with E-state index in [9.17, 15) is 4.79 Å². The molecule has 0 amide bonds. The molecule has 0 heterocycles. The quantitative estimate of drug-likeness (QED) is 0.106. The van der Waals surface area contributed by atoms with Crippen LogP contribution in [-0.2, 0) is 0 Å². The van der Waals surface area contributed by atoms with Gasteiger partial charge in [0.05, 0.1) is 0 Å². The van der Waals surface area contributed by atoms with E-state index in [4.69, 9.17) is 8.85 Å². The molecular weight excluding hydrogens is 653 g/mol. The highest BCUT2D eigenvalue weighted by Crippen LogP contribution is 2.42. The molecular formula is C39H49BrO3Si2. The minimum Gasteiger partial charge on any atom is -0.544 e. The van der Waals surface area contributed by atoms with Gasteiger partial charge in [0.15, 0.2) is 5.78 Å². The lowest BCUT2D eigenvalue weighted by Crippen LogP contribution is -2.43. The van der Waals surface area contributed by atoms with E-state index in [0.29, 0.717) is 5.56 Å². The Morgan fingerprint density at radius 1 is 0.756 bits per heavy atom. The van der Waals surface area contributed by atoms with Crippen molar-refractivity contribution in [3.8, 4) is 23.3 Å². The van der Waals surface area contributed by atoms with Crippen LogP contribution < -0.4 is 8.85 Å². The molecule has 0 saturated heterocycles. The Morgan fingerprint density at radius 2 is 1.24 bits per heavy atom. The number of halogens is 1. The molecule has 0 radical (unpaired) electrons. The van der Waals surface area contributed by atoms with Crippen LogP contribution in [0.1, 0.15) is 75.4 Å². The second kappa shape index (κ2) is 13.5.